The first-order valence-corrected chi connectivity index (χ1v) is 8.32. The van der Waals surface area contributed by atoms with Gasteiger partial charge in [-0.05, 0) is 31.0 Å². The van der Waals surface area contributed by atoms with Crippen molar-refractivity contribution in [2.75, 3.05) is 24.7 Å². The number of hydrogen-bond acceptors (Lipinski definition) is 3. The highest BCUT2D eigenvalue weighted by Crippen LogP contribution is 2.22. The van der Waals surface area contributed by atoms with Crippen molar-refractivity contribution in [1.29, 1.82) is 0 Å². The molecule has 0 radical (unpaired) electrons. The topological polar surface area (TPSA) is 57.7 Å². The highest BCUT2D eigenvalue weighted by Gasteiger charge is 2.29. The average Bonchev–Trinajstić information content (AvgIpc) is 2.37. The van der Waals surface area contributed by atoms with Crippen LogP contribution in [0.1, 0.15) is 19.4 Å². The van der Waals surface area contributed by atoms with Gasteiger partial charge in [-0.3, -0.25) is 9.10 Å². The van der Waals surface area contributed by atoms with Crippen LogP contribution in [0.25, 0.3) is 0 Å². The third-order valence-corrected chi connectivity index (χ3v) is 4.35. The van der Waals surface area contributed by atoms with Gasteiger partial charge in [-0.25, -0.2) is 8.42 Å². The third-order valence-electron chi connectivity index (χ3n) is 3.11. The summed E-state index contributed by atoms with van der Waals surface area (Å²) in [5, 5.41) is 0. The van der Waals surface area contributed by atoms with Crippen molar-refractivity contribution >= 4 is 21.6 Å². The fourth-order valence-corrected chi connectivity index (χ4v) is 3.22. The lowest BCUT2D eigenvalue weighted by molar-refractivity contribution is -0.129. The summed E-state index contributed by atoms with van der Waals surface area (Å²) in [6, 6.07) is 6.45. The smallest absolute Gasteiger partial charge is 0.245 e. The Morgan fingerprint density at radius 3 is 2.05 bits per heavy atom. The van der Waals surface area contributed by atoms with E-state index in [-0.39, 0.29) is 5.91 Å². The second kappa shape index (κ2) is 6.26. The Kier molecular flexibility index (Phi) is 5.16. The predicted molar refractivity (Wildman–Crippen MR) is 81.3 cm³/mol. The molecule has 0 aliphatic carbocycles. The van der Waals surface area contributed by atoms with Crippen LogP contribution in [0.4, 0.5) is 5.69 Å². The summed E-state index contributed by atoms with van der Waals surface area (Å²) < 4.78 is 25.2. The van der Waals surface area contributed by atoms with E-state index in [2.05, 4.69) is 0 Å². The zero-order valence-electron chi connectivity index (χ0n) is 12.6. The number of anilines is 1. The van der Waals surface area contributed by atoms with Crippen LogP contribution in [-0.2, 0) is 21.2 Å². The SMILES string of the molecule is CCc1ccc(N([C@@H](C)C(=O)N(C)C)S(C)(=O)=O)cc1. The molecule has 0 saturated carbocycles. The number of carbonyl (C=O) groups is 1. The summed E-state index contributed by atoms with van der Waals surface area (Å²) in [4.78, 5) is 13.4. The van der Waals surface area contributed by atoms with Crippen molar-refractivity contribution < 1.29 is 13.2 Å². The molecule has 1 rings (SSSR count). The third kappa shape index (κ3) is 3.72. The van der Waals surface area contributed by atoms with Gasteiger partial charge in [0.1, 0.15) is 6.04 Å². The number of nitrogens with zero attached hydrogens (tertiary/aromatic N) is 2. The van der Waals surface area contributed by atoms with Crippen LogP contribution < -0.4 is 4.31 Å². The maximum Gasteiger partial charge on any atom is 0.245 e. The number of sulfonamides is 1. The van der Waals surface area contributed by atoms with Crippen molar-refractivity contribution in [3.63, 3.8) is 0 Å². The van der Waals surface area contributed by atoms with Crippen molar-refractivity contribution in [2.24, 2.45) is 0 Å². The minimum Gasteiger partial charge on any atom is -0.347 e. The highest BCUT2D eigenvalue weighted by molar-refractivity contribution is 7.92. The highest BCUT2D eigenvalue weighted by atomic mass is 32.2. The molecule has 0 bridgehead atoms. The minimum atomic E-state index is -3.53. The Bertz CT molecular complexity index is 565. The molecule has 0 heterocycles. The number of hydrogen-bond donors (Lipinski definition) is 0. The van der Waals surface area contributed by atoms with E-state index in [1.54, 1.807) is 33.2 Å². The van der Waals surface area contributed by atoms with Crippen LogP contribution in [0.3, 0.4) is 0 Å². The molecule has 1 aromatic carbocycles. The molecule has 1 amide bonds. The number of likely N-dealkylation sites (N-methyl/N-ethyl adjacent to an activating group) is 1. The van der Waals surface area contributed by atoms with E-state index in [0.717, 1.165) is 22.5 Å². The molecule has 1 atom stereocenters. The lowest BCUT2D eigenvalue weighted by Crippen LogP contribution is -2.47. The second-order valence-corrected chi connectivity index (χ2v) is 6.85. The average molecular weight is 298 g/mol. The normalized spacial score (nSPS) is 12.8. The largest absolute Gasteiger partial charge is 0.347 e. The molecule has 5 nitrogen and oxygen atoms in total. The van der Waals surface area contributed by atoms with E-state index >= 15 is 0 Å². The molecule has 0 N–H and O–H groups in total. The molecular formula is C14H22N2O3S. The van der Waals surface area contributed by atoms with Crippen LogP contribution in [0, 0.1) is 0 Å². The molecule has 1 aromatic rings. The van der Waals surface area contributed by atoms with E-state index in [4.69, 9.17) is 0 Å². The zero-order valence-corrected chi connectivity index (χ0v) is 13.4. The summed E-state index contributed by atoms with van der Waals surface area (Å²) in [6.45, 7) is 3.62. The number of amides is 1. The van der Waals surface area contributed by atoms with Crippen LogP contribution >= 0.6 is 0 Å². The molecule has 0 aliphatic rings. The van der Waals surface area contributed by atoms with Crippen LogP contribution in [0.2, 0.25) is 0 Å². The van der Waals surface area contributed by atoms with Crippen LogP contribution in [0.15, 0.2) is 24.3 Å². The van der Waals surface area contributed by atoms with Gasteiger partial charge in [0.15, 0.2) is 0 Å². The minimum absolute atomic E-state index is 0.255. The molecule has 0 aromatic heterocycles. The van der Waals surface area contributed by atoms with E-state index in [0.29, 0.717) is 5.69 Å². The lowest BCUT2D eigenvalue weighted by Gasteiger charge is -2.30. The fraction of sp³-hybridized carbons (Fsp3) is 0.500. The van der Waals surface area contributed by atoms with Gasteiger partial charge in [-0.2, -0.15) is 0 Å². The summed E-state index contributed by atoms with van der Waals surface area (Å²) in [7, 11) is -0.308. The molecular weight excluding hydrogens is 276 g/mol. The van der Waals surface area contributed by atoms with Gasteiger partial charge in [-0.1, -0.05) is 19.1 Å². The summed E-state index contributed by atoms with van der Waals surface area (Å²) in [5.41, 5.74) is 1.63. The number of benzene rings is 1. The summed E-state index contributed by atoms with van der Waals surface area (Å²) in [5.74, 6) is -0.255. The van der Waals surface area contributed by atoms with Gasteiger partial charge in [0, 0.05) is 14.1 Å². The number of aryl methyl sites for hydroxylation is 1. The molecule has 20 heavy (non-hydrogen) atoms. The van der Waals surface area contributed by atoms with Gasteiger partial charge in [0.05, 0.1) is 11.9 Å². The van der Waals surface area contributed by atoms with Crippen molar-refractivity contribution in [3.8, 4) is 0 Å². The first-order chi connectivity index (χ1) is 9.18. The van der Waals surface area contributed by atoms with Gasteiger partial charge >= 0.3 is 0 Å². The number of rotatable bonds is 5. The molecule has 112 valence electrons. The first kappa shape index (κ1) is 16.5. The van der Waals surface area contributed by atoms with Crippen molar-refractivity contribution in [2.45, 2.75) is 26.3 Å². The van der Waals surface area contributed by atoms with Gasteiger partial charge in [-0.15, -0.1) is 0 Å². The Hall–Kier alpha value is -1.56. The molecule has 6 heteroatoms. The zero-order chi connectivity index (χ0) is 15.5. The summed E-state index contributed by atoms with van der Waals surface area (Å²) in [6.07, 6.45) is 1.99. The Morgan fingerprint density at radius 1 is 1.20 bits per heavy atom. The molecule has 0 fully saturated rings. The standard InChI is InChI=1S/C14H22N2O3S/c1-6-12-7-9-13(10-8-12)16(20(5,18)19)11(2)14(17)15(3)4/h7-11H,6H2,1-5H3/t11-/m0/s1. The Morgan fingerprint density at radius 2 is 1.70 bits per heavy atom. The van der Waals surface area contributed by atoms with Crippen LogP contribution in [-0.4, -0.2) is 45.6 Å². The van der Waals surface area contributed by atoms with Crippen molar-refractivity contribution in [1.82, 2.24) is 4.90 Å². The molecule has 0 aliphatic heterocycles. The van der Waals surface area contributed by atoms with Gasteiger partial charge in [0.25, 0.3) is 0 Å². The summed E-state index contributed by atoms with van der Waals surface area (Å²) >= 11 is 0. The molecule has 0 unspecified atom stereocenters. The second-order valence-electron chi connectivity index (χ2n) is 4.99. The fourth-order valence-electron chi connectivity index (χ4n) is 2.05. The van der Waals surface area contributed by atoms with E-state index in [1.807, 2.05) is 19.1 Å². The predicted octanol–water partition coefficient (Wildman–Crippen LogP) is 1.49. The molecule has 0 spiro atoms. The van der Waals surface area contributed by atoms with Gasteiger partial charge in [0.2, 0.25) is 15.9 Å². The number of carbonyl (C=O) groups excluding carboxylic acids is 1. The Balaban J connectivity index is 3.22. The van der Waals surface area contributed by atoms with E-state index in [1.165, 1.54) is 4.90 Å². The van der Waals surface area contributed by atoms with Gasteiger partial charge < -0.3 is 4.90 Å². The maximum atomic E-state index is 12.0. The maximum absolute atomic E-state index is 12.0. The van der Waals surface area contributed by atoms with E-state index in [9.17, 15) is 13.2 Å². The quantitative estimate of drug-likeness (QED) is 0.827. The lowest BCUT2D eigenvalue weighted by atomic mass is 10.1. The first-order valence-electron chi connectivity index (χ1n) is 6.48. The van der Waals surface area contributed by atoms with Crippen molar-refractivity contribution in [3.05, 3.63) is 29.8 Å². The van der Waals surface area contributed by atoms with E-state index < -0.39 is 16.1 Å². The van der Waals surface area contributed by atoms with Crippen LogP contribution in [0.5, 0.6) is 0 Å². The Labute approximate surface area is 121 Å². The monoisotopic (exact) mass is 298 g/mol. The molecule has 0 saturated heterocycles.